The molecular formula is C19H27FN3O18P3. The van der Waals surface area contributed by atoms with Crippen molar-refractivity contribution in [3.8, 4) is 11.3 Å². The Labute approximate surface area is 245 Å². The fourth-order valence-electron chi connectivity index (χ4n) is 4.53. The molecule has 0 aliphatic carbocycles. The molecule has 0 unspecified atom stereocenters. The zero-order chi connectivity index (χ0) is 32.6. The highest BCUT2D eigenvalue weighted by Gasteiger charge is 2.56. The second kappa shape index (κ2) is 13.6. The molecule has 21 nitrogen and oxygen atoms in total. The normalized spacial score (nSPS) is 31.8. The van der Waals surface area contributed by atoms with Crippen LogP contribution in [0, 0.1) is 5.82 Å². The number of hydrogen-bond acceptors (Lipinski definition) is 14. The fourth-order valence-corrected chi connectivity index (χ4v) is 6.21. The van der Waals surface area contributed by atoms with Crippen LogP contribution in [0.4, 0.5) is 4.39 Å². The van der Waals surface area contributed by atoms with Gasteiger partial charge in [-0.3, -0.25) is 13.6 Å². The number of phosphoric acid groups is 3. The third kappa shape index (κ3) is 8.80. The van der Waals surface area contributed by atoms with Crippen molar-refractivity contribution in [3.63, 3.8) is 0 Å². The molecule has 2 aromatic rings. The number of benzene rings is 1. The number of rotatable bonds is 12. The van der Waals surface area contributed by atoms with E-state index in [9.17, 15) is 62.8 Å². The number of halogens is 1. The lowest BCUT2D eigenvalue weighted by Crippen LogP contribution is -2.61. The molecule has 2 saturated heterocycles. The van der Waals surface area contributed by atoms with Crippen LogP contribution >= 0.6 is 23.5 Å². The average Bonchev–Trinajstić information content (AvgIpc) is 3.51. The maximum absolute atomic E-state index is 13.3. The first kappa shape index (κ1) is 35.2. The Bertz CT molecular complexity index is 1420. The molecule has 3 heterocycles. The van der Waals surface area contributed by atoms with Crippen molar-refractivity contribution in [2.45, 2.75) is 55.2 Å². The van der Waals surface area contributed by atoms with Crippen LogP contribution in [0.25, 0.3) is 11.3 Å². The fraction of sp³-hybridized carbons (Fsp3) is 0.579. The van der Waals surface area contributed by atoms with Gasteiger partial charge in [-0.2, -0.15) is 0 Å². The summed E-state index contributed by atoms with van der Waals surface area (Å²) >= 11 is 0. The molecule has 2 aliphatic rings. The van der Waals surface area contributed by atoms with Gasteiger partial charge in [-0.1, -0.05) is 5.21 Å². The van der Waals surface area contributed by atoms with E-state index in [2.05, 4.69) is 19.4 Å². The Morgan fingerprint density at radius 1 is 0.795 bits per heavy atom. The monoisotopic (exact) mass is 697 g/mol. The van der Waals surface area contributed by atoms with Crippen molar-refractivity contribution >= 4 is 23.5 Å². The highest BCUT2D eigenvalue weighted by Crippen LogP contribution is 2.49. The first-order valence-corrected chi connectivity index (χ1v) is 16.7. The summed E-state index contributed by atoms with van der Waals surface area (Å²) in [6.07, 6.45) is -16.5. The van der Waals surface area contributed by atoms with Gasteiger partial charge in [0, 0.05) is 5.56 Å². The summed E-state index contributed by atoms with van der Waals surface area (Å²) in [5.74, 6) is -0.537. The van der Waals surface area contributed by atoms with Crippen molar-refractivity contribution in [2.24, 2.45) is 0 Å². The van der Waals surface area contributed by atoms with Gasteiger partial charge in [-0.25, -0.2) is 22.8 Å². The second-order valence-corrected chi connectivity index (χ2v) is 12.9. The van der Waals surface area contributed by atoms with Crippen LogP contribution in [0.1, 0.15) is 6.23 Å². The van der Waals surface area contributed by atoms with Gasteiger partial charge in [0.15, 0.2) is 12.5 Å². The Balaban J connectivity index is 1.66. The minimum Gasteiger partial charge on any atom is -0.394 e. The number of hydrogen-bond donors (Lipinski definition) is 9. The summed E-state index contributed by atoms with van der Waals surface area (Å²) in [6, 6.07) is 5.01. The lowest BCUT2D eigenvalue weighted by molar-refractivity contribution is -0.313. The number of aromatic nitrogens is 3. The zero-order valence-electron chi connectivity index (χ0n) is 21.8. The Hall–Kier alpha value is -1.62. The van der Waals surface area contributed by atoms with Crippen LogP contribution in [0.15, 0.2) is 30.5 Å². The first-order valence-electron chi connectivity index (χ1n) is 12.1. The van der Waals surface area contributed by atoms with Gasteiger partial charge in [0.1, 0.15) is 54.2 Å². The van der Waals surface area contributed by atoms with Gasteiger partial charge in [-0.15, -0.1) is 5.10 Å². The van der Waals surface area contributed by atoms with E-state index in [1.54, 1.807) is 0 Å². The van der Waals surface area contributed by atoms with Crippen LogP contribution in [-0.2, 0) is 41.5 Å². The predicted molar refractivity (Wildman–Crippen MR) is 134 cm³/mol. The topological polar surface area (TPSA) is 319 Å². The highest BCUT2D eigenvalue weighted by atomic mass is 31.2. The summed E-state index contributed by atoms with van der Waals surface area (Å²) in [5.41, 5.74) is 0.533. The molecule has 0 radical (unpaired) electrons. The lowest BCUT2D eigenvalue weighted by atomic mass is 9.99. The quantitative estimate of drug-likeness (QED) is 0.107. The molecule has 0 spiro atoms. The minimum absolute atomic E-state index is 0.152. The van der Waals surface area contributed by atoms with Gasteiger partial charge < -0.3 is 58.9 Å². The number of ether oxygens (including phenoxy) is 3. The molecule has 1 aromatic heterocycles. The Kier molecular flexibility index (Phi) is 10.9. The van der Waals surface area contributed by atoms with Gasteiger partial charge in [0.2, 0.25) is 0 Å². The van der Waals surface area contributed by atoms with E-state index in [0.717, 1.165) is 16.8 Å². The lowest BCUT2D eigenvalue weighted by Gasteiger charge is -2.44. The van der Waals surface area contributed by atoms with E-state index in [1.165, 1.54) is 18.3 Å². The van der Waals surface area contributed by atoms with E-state index < -0.39 is 97.7 Å². The van der Waals surface area contributed by atoms with E-state index >= 15 is 0 Å². The molecule has 1 aromatic carbocycles. The summed E-state index contributed by atoms with van der Waals surface area (Å²) in [5, 5.41) is 38.3. The maximum atomic E-state index is 13.3. The summed E-state index contributed by atoms with van der Waals surface area (Å²) in [4.78, 5) is 56.3. The van der Waals surface area contributed by atoms with Crippen molar-refractivity contribution in [3.05, 3.63) is 36.3 Å². The maximum Gasteiger partial charge on any atom is 0.470 e. The summed E-state index contributed by atoms with van der Waals surface area (Å²) in [7, 11) is -16.4. The molecule has 25 heteroatoms. The molecular weight excluding hydrogens is 670 g/mol. The second-order valence-electron chi connectivity index (χ2n) is 9.34. The first-order chi connectivity index (χ1) is 20.4. The van der Waals surface area contributed by atoms with Crippen molar-refractivity contribution in [1.82, 2.24) is 15.0 Å². The van der Waals surface area contributed by atoms with Crippen LogP contribution in [0.3, 0.4) is 0 Å². The van der Waals surface area contributed by atoms with Crippen LogP contribution < -0.4 is 0 Å². The predicted octanol–water partition coefficient (Wildman–Crippen LogP) is -2.13. The van der Waals surface area contributed by atoms with Crippen LogP contribution in [0.5, 0.6) is 0 Å². The molecule has 9 atom stereocenters. The highest BCUT2D eigenvalue weighted by molar-refractivity contribution is 7.46. The van der Waals surface area contributed by atoms with Crippen molar-refractivity contribution < 1.29 is 90.5 Å². The average molecular weight is 697 g/mol. The zero-order valence-corrected chi connectivity index (χ0v) is 24.4. The standard InChI is InChI=1S/C19H27FN3O18P3/c20-9-3-1-8(2-4-9)10-5-23(22-21-10)18-17(41-44(33,34)35)14(11(6-24)36-18)38-19-13(26)16(40-43(30,31)32)15(12(7-25)37-19)39-42(27,28)29/h1-5,11-19,24-26H,6-7H2,(H2,27,28,29)(H2,30,31,32)(H2,33,34,35)/t11-,12-,13-,14-,15-,16-,17-,18-,19-/m1/s1. The van der Waals surface area contributed by atoms with E-state index in [-0.39, 0.29) is 5.69 Å². The smallest absolute Gasteiger partial charge is 0.394 e. The molecule has 0 bridgehead atoms. The largest absolute Gasteiger partial charge is 0.470 e. The van der Waals surface area contributed by atoms with Crippen molar-refractivity contribution in [1.29, 1.82) is 0 Å². The van der Waals surface area contributed by atoms with Gasteiger partial charge in [-0.05, 0) is 24.3 Å². The number of phosphoric ester groups is 3. The summed E-state index contributed by atoms with van der Waals surface area (Å²) in [6.45, 7) is -2.06. The van der Waals surface area contributed by atoms with Crippen molar-refractivity contribution in [2.75, 3.05) is 13.2 Å². The molecule has 0 saturated carbocycles. The molecule has 2 fully saturated rings. The van der Waals surface area contributed by atoms with E-state index in [1.807, 2.05) is 0 Å². The minimum atomic E-state index is -5.52. The molecule has 2 aliphatic heterocycles. The van der Waals surface area contributed by atoms with Crippen LogP contribution in [0.2, 0.25) is 0 Å². The van der Waals surface area contributed by atoms with Gasteiger partial charge >= 0.3 is 23.5 Å². The molecule has 9 N–H and O–H groups in total. The SMILES string of the molecule is O=P(O)(O)O[C@@H]1[C@@H](O)[C@@H](O[C@H]2[C@@H](OP(=O)(O)O)[C@H](n3cc(-c4ccc(F)cc4)nn3)O[C@@H]2CO)O[C@H](CO)[C@H]1OP(=O)(O)O. The third-order valence-corrected chi connectivity index (χ3v) is 7.79. The number of aliphatic hydroxyl groups is 3. The molecule has 248 valence electrons. The van der Waals surface area contributed by atoms with E-state index in [0.29, 0.717) is 5.56 Å². The van der Waals surface area contributed by atoms with E-state index in [4.69, 9.17) is 18.7 Å². The summed E-state index contributed by atoms with van der Waals surface area (Å²) < 4.78 is 79.6. The number of nitrogens with zero attached hydrogens (tertiary/aromatic N) is 3. The Morgan fingerprint density at radius 2 is 1.32 bits per heavy atom. The molecule has 44 heavy (non-hydrogen) atoms. The van der Waals surface area contributed by atoms with Gasteiger partial charge in [0.05, 0.1) is 19.4 Å². The van der Waals surface area contributed by atoms with Crippen LogP contribution in [-0.4, -0.2) is 122 Å². The third-order valence-electron chi connectivity index (χ3n) is 6.24. The molecule has 4 rings (SSSR count). The molecule has 0 amide bonds. The Morgan fingerprint density at radius 3 is 1.86 bits per heavy atom. The number of aliphatic hydroxyl groups excluding tert-OH is 3. The van der Waals surface area contributed by atoms with Gasteiger partial charge in [0.25, 0.3) is 0 Å².